The van der Waals surface area contributed by atoms with Crippen LogP contribution in [0.25, 0.3) is 0 Å². The van der Waals surface area contributed by atoms with Crippen molar-refractivity contribution in [1.29, 1.82) is 0 Å². The van der Waals surface area contributed by atoms with Crippen LogP contribution >= 0.6 is 7.80 Å². The lowest BCUT2D eigenvalue weighted by Crippen LogP contribution is -2.28. The Balaban J connectivity index is 2.55. The summed E-state index contributed by atoms with van der Waals surface area (Å²) in [6.45, 7) is 10.3. The first-order chi connectivity index (χ1) is 10.2. The number of benzene rings is 1. The largest absolute Gasteiger partial charge is 0.461 e. The summed E-state index contributed by atoms with van der Waals surface area (Å²) in [4.78, 5) is 12.0. The van der Waals surface area contributed by atoms with Gasteiger partial charge >= 0.3 is 5.97 Å². The number of ether oxygens (including phenoxy) is 2. The molecule has 4 nitrogen and oxygen atoms in total. The highest BCUT2D eigenvalue weighted by Gasteiger charge is 2.32. The third-order valence-electron chi connectivity index (χ3n) is 3.29. The molecule has 22 heavy (non-hydrogen) atoms. The monoisotopic (exact) mass is 326 g/mol. The van der Waals surface area contributed by atoms with E-state index < -0.39 is 13.0 Å². The molecule has 0 bridgehead atoms. The Hall–Kier alpha value is -1.12. The number of hydrogen-bond donors (Lipinski definition) is 0. The van der Waals surface area contributed by atoms with Gasteiger partial charge in [0, 0.05) is 6.61 Å². The first-order valence-electron chi connectivity index (χ1n) is 7.62. The van der Waals surface area contributed by atoms with Gasteiger partial charge in [-0.25, -0.2) is 4.79 Å². The number of carbonyl (C=O) groups excluding carboxylic acids is 1. The van der Waals surface area contributed by atoms with Gasteiger partial charge in [-0.15, -0.1) is 0 Å². The lowest BCUT2D eigenvalue weighted by atomic mass is 10.2. The van der Waals surface area contributed by atoms with Gasteiger partial charge in [0.2, 0.25) is 0 Å². The molecule has 0 aliphatic carbocycles. The van der Waals surface area contributed by atoms with E-state index in [2.05, 4.69) is 13.8 Å². The third kappa shape index (κ3) is 5.94. The van der Waals surface area contributed by atoms with Crippen LogP contribution in [0.2, 0.25) is 0 Å². The number of carbonyl (C=O) groups is 1. The van der Waals surface area contributed by atoms with Crippen LogP contribution in [0.1, 0.15) is 45.0 Å². The lowest BCUT2D eigenvalue weighted by Gasteiger charge is -2.27. The van der Waals surface area contributed by atoms with E-state index in [0.29, 0.717) is 18.1 Å². The zero-order chi connectivity index (χ0) is 16.8. The molecule has 0 saturated heterocycles. The summed E-state index contributed by atoms with van der Waals surface area (Å²) < 4.78 is 23.6. The average Bonchev–Trinajstić information content (AvgIpc) is 2.50. The molecule has 1 rings (SSSR count). The molecule has 0 amide bonds. The predicted molar refractivity (Wildman–Crippen MR) is 90.1 cm³/mol. The summed E-state index contributed by atoms with van der Waals surface area (Å²) in [7, 11) is -2.07. The van der Waals surface area contributed by atoms with E-state index in [1.807, 2.05) is 26.8 Å². The van der Waals surface area contributed by atoms with Crippen molar-refractivity contribution in [1.82, 2.24) is 0 Å². The van der Waals surface area contributed by atoms with Crippen LogP contribution in [-0.2, 0) is 14.0 Å². The van der Waals surface area contributed by atoms with Crippen molar-refractivity contribution in [2.75, 3.05) is 13.2 Å². The van der Waals surface area contributed by atoms with Crippen molar-refractivity contribution < 1.29 is 18.8 Å². The fourth-order valence-corrected chi connectivity index (χ4v) is 3.50. The van der Waals surface area contributed by atoms with Crippen molar-refractivity contribution in [2.24, 2.45) is 5.92 Å². The van der Waals surface area contributed by atoms with Crippen molar-refractivity contribution in [2.45, 2.75) is 45.6 Å². The van der Waals surface area contributed by atoms with E-state index >= 15 is 0 Å². The van der Waals surface area contributed by atoms with Crippen LogP contribution in [0.15, 0.2) is 30.3 Å². The highest BCUT2D eigenvalue weighted by atomic mass is 31.1. The number of esters is 1. The van der Waals surface area contributed by atoms with E-state index in [1.54, 1.807) is 24.3 Å². The molecule has 1 aromatic rings. The van der Waals surface area contributed by atoms with Crippen molar-refractivity contribution >= 4 is 13.8 Å². The lowest BCUT2D eigenvalue weighted by molar-refractivity contribution is 0.0465. The summed E-state index contributed by atoms with van der Waals surface area (Å²) in [5.74, 6) is -0.312. The summed E-state index contributed by atoms with van der Waals surface area (Å²) in [5.41, 5.74) is 0.502. The Bertz CT molecular complexity index is 497. The molecule has 0 aromatic heterocycles. The second kappa shape index (κ2) is 8.50. The van der Waals surface area contributed by atoms with Gasteiger partial charge in [0.1, 0.15) is 20.3 Å². The van der Waals surface area contributed by atoms with E-state index in [-0.39, 0.29) is 18.4 Å². The van der Waals surface area contributed by atoms with E-state index in [9.17, 15) is 9.36 Å². The standard InChI is InChI=1S/C17H27O4P/c1-13(2)11-20-14(3)22(19)17(4,5)12-21-16(18)15-9-7-6-8-10-15/h6-10,13-14,22H,11-12H2,1-5H3. The summed E-state index contributed by atoms with van der Waals surface area (Å²) >= 11 is 0. The van der Waals surface area contributed by atoms with Gasteiger partial charge < -0.3 is 14.0 Å². The molecule has 0 N–H and O–H groups in total. The molecular weight excluding hydrogens is 299 g/mol. The molecule has 0 heterocycles. The molecule has 1 aromatic carbocycles. The Morgan fingerprint density at radius 1 is 1.18 bits per heavy atom. The molecule has 5 heteroatoms. The fraction of sp³-hybridized carbons (Fsp3) is 0.588. The number of hydrogen-bond acceptors (Lipinski definition) is 4. The second-order valence-electron chi connectivity index (χ2n) is 6.56. The molecule has 0 fully saturated rings. The summed E-state index contributed by atoms with van der Waals surface area (Å²) in [5, 5.41) is -0.592. The van der Waals surface area contributed by atoms with Crippen LogP contribution in [0.5, 0.6) is 0 Å². The van der Waals surface area contributed by atoms with E-state index in [4.69, 9.17) is 9.47 Å². The molecule has 0 radical (unpaired) electrons. The molecular formula is C17H27O4P. The molecule has 124 valence electrons. The first kappa shape index (κ1) is 18.9. The van der Waals surface area contributed by atoms with Gasteiger partial charge in [0.05, 0.1) is 10.7 Å². The van der Waals surface area contributed by atoms with Gasteiger partial charge in [-0.05, 0) is 38.8 Å². The van der Waals surface area contributed by atoms with Crippen LogP contribution in [-0.4, -0.2) is 30.2 Å². The Labute approximate surface area is 134 Å². The van der Waals surface area contributed by atoms with Gasteiger partial charge in [-0.1, -0.05) is 32.0 Å². The maximum Gasteiger partial charge on any atom is 0.338 e. The number of rotatable bonds is 8. The predicted octanol–water partition coefficient (Wildman–Crippen LogP) is 4.20. The maximum atomic E-state index is 12.6. The SMILES string of the molecule is CC(C)COC(C)[PH](=O)C(C)(C)COC(=O)c1ccccc1. The highest BCUT2D eigenvalue weighted by Crippen LogP contribution is 2.43. The van der Waals surface area contributed by atoms with Crippen LogP contribution < -0.4 is 0 Å². The van der Waals surface area contributed by atoms with Gasteiger partial charge in [0.15, 0.2) is 0 Å². The van der Waals surface area contributed by atoms with Crippen LogP contribution in [0.4, 0.5) is 0 Å². The zero-order valence-electron chi connectivity index (χ0n) is 14.1. The zero-order valence-corrected chi connectivity index (χ0v) is 15.1. The Morgan fingerprint density at radius 3 is 2.32 bits per heavy atom. The Morgan fingerprint density at radius 2 is 1.77 bits per heavy atom. The summed E-state index contributed by atoms with van der Waals surface area (Å²) in [6, 6.07) is 8.81. The van der Waals surface area contributed by atoms with Crippen LogP contribution in [0, 0.1) is 5.92 Å². The topological polar surface area (TPSA) is 52.6 Å². The highest BCUT2D eigenvalue weighted by molar-refractivity contribution is 7.47. The molecule has 0 aliphatic heterocycles. The smallest absolute Gasteiger partial charge is 0.338 e. The minimum atomic E-state index is -2.07. The Kier molecular flexibility index (Phi) is 7.31. The maximum absolute atomic E-state index is 12.6. The van der Waals surface area contributed by atoms with Gasteiger partial charge in [-0.3, -0.25) is 0 Å². The molecule has 0 spiro atoms. The van der Waals surface area contributed by atoms with Crippen LogP contribution in [0.3, 0.4) is 0 Å². The van der Waals surface area contributed by atoms with E-state index in [0.717, 1.165) is 0 Å². The van der Waals surface area contributed by atoms with Crippen molar-refractivity contribution in [3.8, 4) is 0 Å². The summed E-state index contributed by atoms with van der Waals surface area (Å²) in [6.07, 6.45) is 0. The molecule has 2 unspecified atom stereocenters. The van der Waals surface area contributed by atoms with Crippen molar-refractivity contribution in [3.63, 3.8) is 0 Å². The molecule has 0 aliphatic rings. The molecule has 2 atom stereocenters. The normalized spacial score (nSPS) is 14.6. The minimum Gasteiger partial charge on any atom is -0.461 e. The first-order valence-corrected chi connectivity index (χ1v) is 9.10. The average molecular weight is 326 g/mol. The second-order valence-corrected chi connectivity index (χ2v) is 9.45. The quantitative estimate of drug-likeness (QED) is 0.531. The minimum absolute atomic E-state index is 0.119. The third-order valence-corrected chi connectivity index (χ3v) is 5.67. The fourth-order valence-electron chi connectivity index (χ4n) is 1.94. The van der Waals surface area contributed by atoms with Gasteiger partial charge in [0.25, 0.3) is 0 Å². The molecule has 0 saturated carbocycles. The van der Waals surface area contributed by atoms with E-state index in [1.165, 1.54) is 0 Å². The van der Waals surface area contributed by atoms with Gasteiger partial charge in [-0.2, -0.15) is 0 Å². The van der Waals surface area contributed by atoms with Crippen molar-refractivity contribution in [3.05, 3.63) is 35.9 Å².